The summed E-state index contributed by atoms with van der Waals surface area (Å²) in [6.07, 6.45) is 3.80. The molecule has 0 spiro atoms. The van der Waals surface area contributed by atoms with E-state index in [0.29, 0.717) is 12.3 Å². The Balaban J connectivity index is 2.53. The molecule has 1 atom stereocenters. The Morgan fingerprint density at radius 1 is 1.44 bits per heavy atom. The van der Waals surface area contributed by atoms with Crippen molar-refractivity contribution in [1.29, 1.82) is 0 Å². The van der Waals surface area contributed by atoms with E-state index in [1.165, 1.54) is 5.56 Å². The topological polar surface area (TPSA) is 29.1 Å². The van der Waals surface area contributed by atoms with Gasteiger partial charge in [0.1, 0.15) is 0 Å². The maximum absolute atomic E-state index is 11.8. The number of halogens is 1. The maximum Gasteiger partial charge on any atom is 0.224 e. The predicted molar refractivity (Wildman–Crippen MR) is 81.3 cm³/mol. The van der Waals surface area contributed by atoms with Gasteiger partial charge in [-0.05, 0) is 36.5 Å². The van der Waals surface area contributed by atoms with E-state index in [1.807, 2.05) is 12.1 Å². The Kier molecular flexibility index (Phi) is 7.02. The van der Waals surface area contributed by atoms with Gasteiger partial charge in [-0.1, -0.05) is 48.3 Å². The molecular weight excluding hydrogens is 290 g/mol. The fourth-order valence-corrected chi connectivity index (χ4v) is 2.03. The van der Waals surface area contributed by atoms with Gasteiger partial charge in [-0.3, -0.25) is 4.79 Å². The van der Waals surface area contributed by atoms with Gasteiger partial charge in [-0.15, -0.1) is 0 Å². The zero-order valence-electron chi connectivity index (χ0n) is 11.2. The molecule has 18 heavy (non-hydrogen) atoms. The third-order valence-electron chi connectivity index (χ3n) is 3.04. The van der Waals surface area contributed by atoms with Gasteiger partial charge >= 0.3 is 0 Å². The molecule has 3 heteroatoms. The molecule has 1 unspecified atom stereocenters. The van der Waals surface area contributed by atoms with Crippen molar-refractivity contribution >= 4 is 27.5 Å². The van der Waals surface area contributed by atoms with Crippen molar-refractivity contribution < 1.29 is 4.79 Å². The highest BCUT2D eigenvalue weighted by atomic mass is 79.9. The first-order valence-electron chi connectivity index (χ1n) is 6.60. The van der Waals surface area contributed by atoms with Crippen LogP contribution >= 0.6 is 15.9 Å². The molecule has 1 aromatic rings. The van der Waals surface area contributed by atoms with Crippen LogP contribution in [0.1, 0.15) is 38.7 Å². The summed E-state index contributed by atoms with van der Waals surface area (Å²) in [5.74, 6) is 0.559. The molecule has 0 saturated carbocycles. The Hall–Kier alpha value is -0.830. The van der Waals surface area contributed by atoms with Gasteiger partial charge in [0.2, 0.25) is 5.91 Å². The van der Waals surface area contributed by atoms with Crippen molar-refractivity contribution in [3.8, 4) is 0 Å². The number of rotatable bonds is 7. The SMILES string of the molecule is CCC(C)CC(=O)Nc1cccc(CCCBr)c1. The fraction of sp³-hybridized carbons (Fsp3) is 0.533. The number of benzene rings is 1. The Morgan fingerprint density at radius 3 is 2.89 bits per heavy atom. The van der Waals surface area contributed by atoms with Crippen molar-refractivity contribution in [2.24, 2.45) is 5.92 Å². The number of alkyl halides is 1. The molecule has 0 aromatic heterocycles. The quantitative estimate of drug-likeness (QED) is 0.743. The summed E-state index contributed by atoms with van der Waals surface area (Å²) in [5.41, 5.74) is 2.19. The number of carbonyl (C=O) groups is 1. The Morgan fingerprint density at radius 2 is 2.22 bits per heavy atom. The van der Waals surface area contributed by atoms with Crippen molar-refractivity contribution in [2.45, 2.75) is 39.5 Å². The summed E-state index contributed by atoms with van der Waals surface area (Å²) in [6, 6.07) is 8.12. The third-order valence-corrected chi connectivity index (χ3v) is 3.60. The number of hydrogen-bond acceptors (Lipinski definition) is 1. The van der Waals surface area contributed by atoms with Gasteiger partial charge in [0.15, 0.2) is 0 Å². The minimum absolute atomic E-state index is 0.113. The highest BCUT2D eigenvalue weighted by Crippen LogP contribution is 2.14. The van der Waals surface area contributed by atoms with Crippen LogP contribution in [0.4, 0.5) is 5.69 Å². The van der Waals surface area contributed by atoms with E-state index in [9.17, 15) is 4.79 Å². The monoisotopic (exact) mass is 311 g/mol. The van der Waals surface area contributed by atoms with Gasteiger partial charge in [0.25, 0.3) is 0 Å². The molecule has 1 aromatic carbocycles. The molecule has 0 saturated heterocycles. The number of aryl methyl sites for hydroxylation is 1. The van der Waals surface area contributed by atoms with Crippen LogP contribution in [0, 0.1) is 5.92 Å². The van der Waals surface area contributed by atoms with Gasteiger partial charge < -0.3 is 5.32 Å². The lowest BCUT2D eigenvalue weighted by atomic mass is 10.0. The normalized spacial score (nSPS) is 12.2. The summed E-state index contributed by atoms with van der Waals surface area (Å²) < 4.78 is 0. The standard InChI is InChI=1S/C15H22BrNO/c1-3-12(2)10-15(18)17-14-8-4-6-13(11-14)7-5-9-16/h4,6,8,11-12H,3,5,7,9-10H2,1-2H3,(H,17,18). The first-order valence-corrected chi connectivity index (χ1v) is 7.72. The lowest BCUT2D eigenvalue weighted by molar-refractivity contribution is -0.117. The number of anilines is 1. The maximum atomic E-state index is 11.8. The Bertz CT molecular complexity index is 379. The second-order valence-corrected chi connectivity index (χ2v) is 5.55. The molecule has 0 fully saturated rings. The van der Waals surface area contributed by atoms with Crippen molar-refractivity contribution in [3.63, 3.8) is 0 Å². The largest absolute Gasteiger partial charge is 0.326 e. The molecule has 0 aliphatic heterocycles. The summed E-state index contributed by atoms with van der Waals surface area (Å²) in [7, 11) is 0. The molecule has 1 amide bonds. The number of nitrogens with one attached hydrogen (secondary N) is 1. The van der Waals surface area contributed by atoms with Crippen LogP contribution in [-0.2, 0) is 11.2 Å². The van der Waals surface area contributed by atoms with E-state index in [-0.39, 0.29) is 5.91 Å². The molecule has 0 aliphatic rings. The van der Waals surface area contributed by atoms with Crippen molar-refractivity contribution in [2.75, 3.05) is 10.6 Å². The highest BCUT2D eigenvalue weighted by molar-refractivity contribution is 9.09. The average molecular weight is 312 g/mol. The summed E-state index contributed by atoms with van der Waals surface area (Å²) in [5, 5.41) is 3.98. The smallest absolute Gasteiger partial charge is 0.224 e. The Labute approximate surface area is 118 Å². The van der Waals surface area contributed by atoms with Crippen molar-refractivity contribution in [1.82, 2.24) is 0 Å². The first-order chi connectivity index (χ1) is 8.65. The van der Waals surface area contributed by atoms with Crippen LogP contribution in [0.25, 0.3) is 0 Å². The van der Waals surface area contributed by atoms with Crippen LogP contribution in [0.5, 0.6) is 0 Å². The minimum Gasteiger partial charge on any atom is -0.326 e. The van der Waals surface area contributed by atoms with Crippen LogP contribution in [0.15, 0.2) is 24.3 Å². The van der Waals surface area contributed by atoms with Gasteiger partial charge in [-0.2, -0.15) is 0 Å². The van der Waals surface area contributed by atoms with E-state index in [1.54, 1.807) is 0 Å². The molecule has 100 valence electrons. The van der Waals surface area contributed by atoms with E-state index in [4.69, 9.17) is 0 Å². The van der Waals surface area contributed by atoms with E-state index >= 15 is 0 Å². The van der Waals surface area contributed by atoms with E-state index < -0.39 is 0 Å². The molecule has 2 nitrogen and oxygen atoms in total. The van der Waals surface area contributed by atoms with Crippen LogP contribution < -0.4 is 5.32 Å². The second kappa shape index (κ2) is 8.30. The van der Waals surface area contributed by atoms with Crippen LogP contribution in [-0.4, -0.2) is 11.2 Å². The zero-order chi connectivity index (χ0) is 13.4. The van der Waals surface area contributed by atoms with E-state index in [2.05, 4.69) is 47.2 Å². The summed E-state index contributed by atoms with van der Waals surface area (Å²) >= 11 is 3.43. The van der Waals surface area contributed by atoms with Gasteiger partial charge in [0.05, 0.1) is 0 Å². The third kappa shape index (κ3) is 5.67. The van der Waals surface area contributed by atoms with Crippen LogP contribution in [0.3, 0.4) is 0 Å². The number of hydrogen-bond donors (Lipinski definition) is 1. The molecule has 1 N–H and O–H groups in total. The van der Waals surface area contributed by atoms with Gasteiger partial charge in [-0.25, -0.2) is 0 Å². The zero-order valence-corrected chi connectivity index (χ0v) is 12.8. The van der Waals surface area contributed by atoms with E-state index in [0.717, 1.165) is 30.3 Å². The summed E-state index contributed by atoms with van der Waals surface area (Å²) in [4.78, 5) is 11.8. The molecule has 0 bridgehead atoms. The summed E-state index contributed by atoms with van der Waals surface area (Å²) in [6.45, 7) is 4.21. The second-order valence-electron chi connectivity index (χ2n) is 4.76. The predicted octanol–water partition coefficient (Wildman–Crippen LogP) is 4.39. The molecule has 0 heterocycles. The number of carbonyl (C=O) groups excluding carboxylic acids is 1. The molecule has 1 rings (SSSR count). The fourth-order valence-electron chi connectivity index (χ4n) is 1.75. The van der Waals surface area contributed by atoms with Crippen molar-refractivity contribution in [3.05, 3.63) is 29.8 Å². The minimum atomic E-state index is 0.113. The molecule has 0 aliphatic carbocycles. The molecular formula is C15H22BrNO. The molecule has 0 radical (unpaired) electrons. The highest BCUT2D eigenvalue weighted by Gasteiger charge is 2.07. The average Bonchev–Trinajstić information content (AvgIpc) is 2.36. The number of amides is 1. The van der Waals surface area contributed by atoms with Gasteiger partial charge in [0, 0.05) is 17.4 Å². The lowest BCUT2D eigenvalue weighted by Gasteiger charge is -2.10. The van der Waals surface area contributed by atoms with Crippen LogP contribution in [0.2, 0.25) is 0 Å². The first kappa shape index (κ1) is 15.2. The lowest BCUT2D eigenvalue weighted by Crippen LogP contribution is -2.14.